The maximum Gasteiger partial charge on any atom is 0.268 e. The van der Waals surface area contributed by atoms with E-state index >= 15 is 0 Å². The zero-order valence-electron chi connectivity index (χ0n) is 18.1. The van der Waals surface area contributed by atoms with Gasteiger partial charge in [-0.15, -0.1) is 0 Å². The lowest BCUT2D eigenvalue weighted by atomic mass is 10.1. The first-order chi connectivity index (χ1) is 15.4. The van der Waals surface area contributed by atoms with Crippen LogP contribution in [-0.4, -0.2) is 33.6 Å². The van der Waals surface area contributed by atoms with Crippen molar-refractivity contribution in [3.05, 3.63) is 71.2 Å². The van der Waals surface area contributed by atoms with Gasteiger partial charge in [0.1, 0.15) is 5.69 Å². The molecule has 8 heteroatoms. The van der Waals surface area contributed by atoms with Gasteiger partial charge in [0.25, 0.3) is 5.91 Å². The van der Waals surface area contributed by atoms with Crippen LogP contribution in [0.15, 0.2) is 58.5 Å². The molecule has 0 bridgehead atoms. The summed E-state index contributed by atoms with van der Waals surface area (Å²) < 4.78 is 1.92. The molecule has 0 fully saturated rings. The summed E-state index contributed by atoms with van der Waals surface area (Å²) in [6.45, 7) is 2.38. The minimum atomic E-state index is -0.141. The standard InChI is InChI=1S/C24H23N5O2S/c1-14-21(32-18-7-8-19-17(9-18)13-26-27-19)11-20(28(14)2)24(31)25-12-16-6-4-5-15-10-22(30)29(3)23(15)16/h4-9,11,13H,10,12H2,1-3H3,(H,25,31)(H,26,27). The fourth-order valence-electron chi connectivity index (χ4n) is 4.14. The van der Waals surface area contributed by atoms with Crippen LogP contribution in [0.2, 0.25) is 0 Å². The van der Waals surface area contributed by atoms with E-state index in [1.165, 1.54) is 0 Å². The van der Waals surface area contributed by atoms with Gasteiger partial charge in [-0.25, -0.2) is 0 Å². The zero-order valence-corrected chi connectivity index (χ0v) is 18.9. The number of amides is 2. The molecule has 2 aromatic heterocycles. The highest BCUT2D eigenvalue weighted by molar-refractivity contribution is 7.99. The SMILES string of the molecule is Cc1c(Sc2ccc3[nH]ncc3c2)cc(C(=O)NCc2cccc3c2N(C)C(=O)C3)n1C. The van der Waals surface area contributed by atoms with Crippen LogP contribution in [0.4, 0.5) is 5.69 Å². The van der Waals surface area contributed by atoms with E-state index in [-0.39, 0.29) is 11.8 Å². The number of hydrogen-bond donors (Lipinski definition) is 2. The molecule has 0 saturated carbocycles. The quantitative estimate of drug-likeness (QED) is 0.489. The number of benzene rings is 2. The summed E-state index contributed by atoms with van der Waals surface area (Å²) in [7, 11) is 3.69. The third-order valence-electron chi connectivity index (χ3n) is 6.05. The smallest absolute Gasteiger partial charge is 0.268 e. The summed E-state index contributed by atoms with van der Waals surface area (Å²) in [4.78, 5) is 28.9. The van der Waals surface area contributed by atoms with Crippen molar-refractivity contribution in [2.24, 2.45) is 7.05 Å². The highest BCUT2D eigenvalue weighted by Gasteiger charge is 2.26. The van der Waals surface area contributed by atoms with Crippen LogP contribution in [0.25, 0.3) is 10.9 Å². The van der Waals surface area contributed by atoms with E-state index in [1.807, 2.05) is 54.9 Å². The van der Waals surface area contributed by atoms with Crippen LogP contribution < -0.4 is 10.2 Å². The molecule has 0 aliphatic carbocycles. The van der Waals surface area contributed by atoms with Gasteiger partial charge in [-0.1, -0.05) is 30.0 Å². The summed E-state index contributed by atoms with van der Waals surface area (Å²) in [5.74, 6) is -0.0653. The Kier molecular flexibility index (Phi) is 5.01. The van der Waals surface area contributed by atoms with Crippen LogP contribution in [-0.2, 0) is 24.8 Å². The van der Waals surface area contributed by atoms with Crippen LogP contribution in [0.5, 0.6) is 0 Å². The number of carbonyl (C=O) groups is 2. The van der Waals surface area contributed by atoms with Gasteiger partial charge >= 0.3 is 0 Å². The Morgan fingerprint density at radius 2 is 2.06 bits per heavy atom. The number of hydrogen-bond acceptors (Lipinski definition) is 4. The minimum Gasteiger partial charge on any atom is -0.347 e. The molecular weight excluding hydrogens is 422 g/mol. The molecule has 32 heavy (non-hydrogen) atoms. The molecule has 0 radical (unpaired) electrons. The second-order valence-corrected chi connectivity index (χ2v) is 9.11. The molecule has 3 heterocycles. The number of fused-ring (bicyclic) bond motifs is 2. The minimum absolute atomic E-state index is 0.0760. The number of likely N-dealkylation sites (N-methyl/N-ethyl adjacent to an activating group) is 1. The van der Waals surface area contributed by atoms with Crippen molar-refractivity contribution in [3.63, 3.8) is 0 Å². The van der Waals surface area contributed by atoms with Crippen molar-refractivity contribution >= 4 is 40.2 Å². The van der Waals surface area contributed by atoms with E-state index in [9.17, 15) is 9.59 Å². The second-order valence-electron chi connectivity index (χ2n) is 8.00. The number of nitrogens with zero attached hydrogens (tertiary/aromatic N) is 3. The molecule has 0 spiro atoms. The molecule has 2 amide bonds. The fraction of sp³-hybridized carbons (Fsp3) is 0.208. The third kappa shape index (κ3) is 3.46. The Labute approximate surface area is 189 Å². The molecular formula is C24H23N5O2S. The van der Waals surface area contributed by atoms with E-state index in [0.29, 0.717) is 18.7 Å². The first-order valence-electron chi connectivity index (χ1n) is 10.3. The topological polar surface area (TPSA) is 83.0 Å². The van der Waals surface area contributed by atoms with Gasteiger partial charge in [0.15, 0.2) is 0 Å². The Balaban J connectivity index is 1.34. The Morgan fingerprint density at radius 1 is 1.22 bits per heavy atom. The molecule has 1 aliphatic heterocycles. The molecule has 0 saturated heterocycles. The van der Waals surface area contributed by atoms with E-state index < -0.39 is 0 Å². The van der Waals surface area contributed by atoms with E-state index in [4.69, 9.17) is 0 Å². The van der Waals surface area contributed by atoms with Crippen molar-refractivity contribution in [1.82, 2.24) is 20.1 Å². The first-order valence-corrected chi connectivity index (χ1v) is 11.2. The summed E-state index contributed by atoms with van der Waals surface area (Å²) >= 11 is 1.63. The van der Waals surface area contributed by atoms with Gasteiger partial charge < -0.3 is 14.8 Å². The summed E-state index contributed by atoms with van der Waals surface area (Å²) in [5.41, 5.74) is 5.49. The molecule has 7 nitrogen and oxygen atoms in total. The number of rotatable bonds is 5. The van der Waals surface area contributed by atoms with Gasteiger partial charge in [-0.05, 0) is 42.3 Å². The Morgan fingerprint density at radius 3 is 2.91 bits per heavy atom. The molecule has 5 rings (SSSR count). The lowest BCUT2D eigenvalue weighted by molar-refractivity contribution is -0.117. The third-order valence-corrected chi connectivity index (χ3v) is 7.18. The fourth-order valence-corrected chi connectivity index (χ4v) is 5.17. The van der Waals surface area contributed by atoms with E-state index in [2.05, 4.69) is 21.6 Å². The largest absolute Gasteiger partial charge is 0.347 e. The van der Waals surface area contributed by atoms with E-state index in [0.717, 1.165) is 43.2 Å². The number of nitrogens with one attached hydrogen (secondary N) is 2. The summed E-state index contributed by atoms with van der Waals surface area (Å²) in [5, 5.41) is 11.1. The van der Waals surface area contributed by atoms with Crippen LogP contribution in [0, 0.1) is 6.92 Å². The maximum absolute atomic E-state index is 13.0. The van der Waals surface area contributed by atoms with Gasteiger partial charge in [-0.3, -0.25) is 14.7 Å². The predicted octanol–water partition coefficient (Wildman–Crippen LogP) is 3.81. The number of para-hydroxylation sites is 1. The lowest BCUT2D eigenvalue weighted by Gasteiger charge is -2.16. The Bertz CT molecular complexity index is 1370. The zero-order chi connectivity index (χ0) is 22.4. The number of anilines is 1. The van der Waals surface area contributed by atoms with Crippen molar-refractivity contribution in [2.75, 3.05) is 11.9 Å². The number of H-pyrrole nitrogens is 1. The number of carbonyl (C=O) groups excluding carboxylic acids is 2. The van der Waals surface area contributed by atoms with E-state index in [1.54, 1.807) is 29.9 Å². The predicted molar refractivity (Wildman–Crippen MR) is 125 cm³/mol. The van der Waals surface area contributed by atoms with Crippen molar-refractivity contribution in [1.29, 1.82) is 0 Å². The van der Waals surface area contributed by atoms with Crippen LogP contribution >= 0.6 is 11.8 Å². The highest BCUT2D eigenvalue weighted by atomic mass is 32.2. The number of aromatic amines is 1. The van der Waals surface area contributed by atoms with Gasteiger partial charge in [-0.2, -0.15) is 5.10 Å². The first kappa shape index (κ1) is 20.4. The van der Waals surface area contributed by atoms with Gasteiger partial charge in [0.2, 0.25) is 5.91 Å². The number of aromatic nitrogens is 3. The van der Waals surface area contributed by atoms with Gasteiger partial charge in [0.05, 0.1) is 23.8 Å². The second kappa shape index (κ2) is 7.87. The average molecular weight is 446 g/mol. The maximum atomic E-state index is 13.0. The summed E-state index contributed by atoms with van der Waals surface area (Å²) in [6, 6.07) is 13.9. The highest BCUT2D eigenvalue weighted by Crippen LogP contribution is 2.34. The molecule has 0 unspecified atom stereocenters. The van der Waals surface area contributed by atoms with Crippen LogP contribution in [0.3, 0.4) is 0 Å². The Hall–Kier alpha value is -3.52. The van der Waals surface area contributed by atoms with Crippen molar-refractivity contribution < 1.29 is 9.59 Å². The van der Waals surface area contributed by atoms with Crippen molar-refractivity contribution in [3.8, 4) is 0 Å². The molecule has 2 aromatic carbocycles. The normalized spacial score (nSPS) is 13.1. The molecule has 1 aliphatic rings. The lowest BCUT2D eigenvalue weighted by Crippen LogP contribution is -2.27. The monoisotopic (exact) mass is 445 g/mol. The van der Waals surface area contributed by atoms with Crippen molar-refractivity contribution in [2.45, 2.75) is 29.7 Å². The molecule has 0 atom stereocenters. The van der Waals surface area contributed by atoms with Gasteiger partial charge in [0, 0.05) is 41.5 Å². The molecule has 4 aromatic rings. The molecule has 162 valence electrons. The summed E-state index contributed by atoms with van der Waals surface area (Å²) in [6.07, 6.45) is 2.22. The van der Waals surface area contributed by atoms with Crippen LogP contribution in [0.1, 0.15) is 27.3 Å². The average Bonchev–Trinajstić information content (AvgIpc) is 3.45. The molecule has 2 N–H and O–H groups in total.